The van der Waals surface area contributed by atoms with E-state index in [1.54, 1.807) is 12.3 Å². The first-order chi connectivity index (χ1) is 15.0. The van der Waals surface area contributed by atoms with Gasteiger partial charge in [0.15, 0.2) is 6.20 Å². The molecule has 3 heterocycles. The van der Waals surface area contributed by atoms with Gasteiger partial charge in [0.1, 0.15) is 24.0 Å². The van der Waals surface area contributed by atoms with E-state index in [1.165, 1.54) is 11.6 Å². The number of nitrogens with zero attached hydrogens (tertiary/aromatic N) is 2. The van der Waals surface area contributed by atoms with Gasteiger partial charge in [0.25, 0.3) is 0 Å². The normalized spacial score (nSPS) is 11.7. The molecule has 0 fully saturated rings. The molecule has 31 heavy (non-hydrogen) atoms. The minimum atomic E-state index is -0.337. The van der Waals surface area contributed by atoms with E-state index < -0.39 is 0 Å². The molecule has 0 amide bonds. The summed E-state index contributed by atoms with van der Waals surface area (Å²) in [5.74, 6) is 0.0795. The van der Waals surface area contributed by atoms with Gasteiger partial charge in [-0.3, -0.25) is 4.98 Å². The molecule has 0 aliphatic rings. The average molecular weight is 412 g/mol. The van der Waals surface area contributed by atoms with Crippen LogP contribution in [0, 0.1) is 12.7 Å². The van der Waals surface area contributed by atoms with Crippen LogP contribution in [0.2, 0.25) is 0 Å². The Bertz CT molecular complexity index is 1430. The smallest absolute Gasteiger partial charge is 0.216 e. The number of aryl methyl sites for hydroxylation is 2. The van der Waals surface area contributed by atoms with Gasteiger partial charge in [-0.2, -0.15) is 0 Å². The van der Waals surface area contributed by atoms with Gasteiger partial charge in [0.05, 0.1) is 16.8 Å². The Balaban J connectivity index is 1.88. The number of hydrogen-bond donors (Lipinski definition) is 0. The molecule has 0 radical (unpaired) electrons. The number of halogens is 1. The van der Waals surface area contributed by atoms with Crippen LogP contribution in [0.3, 0.4) is 0 Å². The second-order valence-corrected chi connectivity index (χ2v) is 8.36. The van der Waals surface area contributed by atoms with Crippen LogP contribution in [0.4, 0.5) is 4.39 Å². The second kappa shape index (κ2) is 7.31. The first-order valence-corrected chi connectivity index (χ1v) is 10.5. The molecule has 5 rings (SSSR count). The van der Waals surface area contributed by atoms with Crippen LogP contribution in [0.25, 0.3) is 44.5 Å². The molecular weight excluding hydrogens is 387 g/mol. The molecule has 3 aromatic heterocycles. The maximum Gasteiger partial charge on any atom is 0.216 e. The molecule has 154 valence electrons. The topological polar surface area (TPSA) is 29.9 Å². The van der Waals surface area contributed by atoms with Crippen LogP contribution in [0.5, 0.6) is 0 Å². The first kappa shape index (κ1) is 19.4. The maximum atomic E-state index is 14.9. The molecule has 5 aromatic rings. The molecule has 0 N–H and O–H groups in total. The van der Waals surface area contributed by atoms with Gasteiger partial charge < -0.3 is 4.42 Å². The van der Waals surface area contributed by atoms with E-state index in [0.29, 0.717) is 22.8 Å². The predicted octanol–water partition coefficient (Wildman–Crippen LogP) is 6.71. The van der Waals surface area contributed by atoms with Crippen LogP contribution in [0.15, 0.2) is 71.4 Å². The third-order valence-electron chi connectivity index (χ3n) is 5.98. The summed E-state index contributed by atoms with van der Waals surface area (Å²) >= 11 is 0. The van der Waals surface area contributed by atoms with Crippen LogP contribution in [-0.2, 0) is 7.05 Å². The van der Waals surface area contributed by atoms with Crippen molar-refractivity contribution < 1.29 is 13.4 Å². The predicted molar refractivity (Wildman–Crippen MR) is 122 cm³/mol. The molecule has 0 saturated heterocycles. The lowest BCUT2D eigenvalue weighted by Gasteiger charge is -2.09. The molecule has 0 atom stereocenters. The second-order valence-electron chi connectivity index (χ2n) is 8.36. The van der Waals surface area contributed by atoms with Crippen LogP contribution in [-0.4, -0.2) is 4.98 Å². The number of fused-ring (bicyclic) bond motifs is 3. The summed E-state index contributed by atoms with van der Waals surface area (Å²) in [5, 5.41) is 1.86. The van der Waals surface area contributed by atoms with E-state index in [0.717, 1.165) is 33.2 Å². The highest BCUT2D eigenvalue weighted by atomic mass is 19.1. The van der Waals surface area contributed by atoms with E-state index in [4.69, 9.17) is 4.42 Å². The van der Waals surface area contributed by atoms with Gasteiger partial charge in [-0.1, -0.05) is 32.0 Å². The molecular formula is C27H24FN2O+. The number of hydrogen-bond acceptors (Lipinski definition) is 2. The highest BCUT2D eigenvalue weighted by molar-refractivity contribution is 6.13. The fourth-order valence-corrected chi connectivity index (χ4v) is 4.24. The van der Waals surface area contributed by atoms with Crippen molar-refractivity contribution in [2.75, 3.05) is 0 Å². The highest BCUT2D eigenvalue weighted by Gasteiger charge is 2.24. The number of aromatic nitrogens is 2. The van der Waals surface area contributed by atoms with Gasteiger partial charge in [-0.15, -0.1) is 0 Å². The number of rotatable bonds is 3. The SMILES string of the molecule is Cc1ccc2c(oc3c(-c4ccccn4)c(F)ccc32)c1-c1cc(C(C)C)cc[n+]1C. The Kier molecular flexibility index (Phi) is 4.58. The van der Waals surface area contributed by atoms with Gasteiger partial charge >= 0.3 is 0 Å². The van der Waals surface area contributed by atoms with Gasteiger partial charge in [0, 0.05) is 29.1 Å². The summed E-state index contributed by atoms with van der Waals surface area (Å²) < 4.78 is 23.5. The summed E-state index contributed by atoms with van der Waals surface area (Å²) in [4.78, 5) is 4.37. The van der Waals surface area contributed by atoms with Crippen LogP contribution >= 0.6 is 0 Å². The molecule has 3 nitrogen and oxygen atoms in total. The Morgan fingerprint density at radius 3 is 2.39 bits per heavy atom. The van der Waals surface area contributed by atoms with Crippen molar-refractivity contribution in [2.45, 2.75) is 26.7 Å². The van der Waals surface area contributed by atoms with E-state index >= 15 is 0 Å². The van der Waals surface area contributed by atoms with Crippen molar-refractivity contribution in [1.82, 2.24) is 4.98 Å². The lowest BCUT2D eigenvalue weighted by molar-refractivity contribution is -0.660. The van der Waals surface area contributed by atoms with Crippen molar-refractivity contribution in [1.29, 1.82) is 0 Å². The first-order valence-electron chi connectivity index (χ1n) is 10.5. The zero-order valence-corrected chi connectivity index (χ0v) is 18.1. The summed E-state index contributed by atoms with van der Waals surface area (Å²) in [6, 6.07) is 17.3. The molecule has 0 unspecified atom stereocenters. The Labute approximate surface area is 180 Å². The lowest BCUT2D eigenvalue weighted by Crippen LogP contribution is -2.31. The fourth-order valence-electron chi connectivity index (χ4n) is 4.24. The van der Waals surface area contributed by atoms with E-state index in [-0.39, 0.29) is 5.82 Å². The van der Waals surface area contributed by atoms with Gasteiger partial charge in [-0.25, -0.2) is 8.96 Å². The van der Waals surface area contributed by atoms with Gasteiger partial charge in [-0.05, 0) is 48.2 Å². The molecule has 0 spiro atoms. The Morgan fingerprint density at radius 2 is 1.68 bits per heavy atom. The van der Waals surface area contributed by atoms with Crippen molar-refractivity contribution in [3.63, 3.8) is 0 Å². The average Bonchev–Trinajstić information content (AvgIpc) is 3.13. The van der Waals surface area contributed by atoms with Crippen molar-refractivity contribution >= 4 is 21.9 Å². The number of pyridine rings is 2. The summed E-state index contributed by atoms with van der Waals surface area (Å²) in [5.41, 5.74) is 6.76. The zero-order valence-electron chi connectivity index (χ0n) is 18.1. The zero-order chi connectivity index (χ0) is 21.7. The fraction of sp³-hybridized carbons (Fsp3) is 0.185. The number of furan rings is 1. The Morgan fingerprint density at radius 1 is 0.935 bits per heavy atom. The molecule has 0 bridgehead atoms. The summed E-state index contributed by atoms with van der Waals surface area (Å²) in [7, 11) is 2.04. The van der Waals surface area contributed by atoms with E-state index in [9.17, 15) is 4.39 Å². The third kappa shape index (κ3) is 3.10. The van der Waals surface area contributed by atoms with Gasteiger partial charge in [0.2, 0.25) is 5.69 Å². The third-order valence-corrected chi connectivity index (χ3v) is 5.98. The van der Waals surface area contributed by atoms with Crippen molar-refractivity contribution in [3.05, 3.63) is 83.9 Å². The molecule has 0 aliphatic carbocycles. The lowest BCUT2D eigenvalue weighted by atomic mass is 9.97. The molecule has 0 saturated carbocycles. The molecule has 0 aliphatic heterocycles. The quantitative estimate of drug-likeness (QED) is 0.309. The minimum absolute atomic E-state index is 0.337. The van der Waals surface area contributed by atoms with Crippen molar-refractivity contribution in [2.24, 2.45) is 7.05 Å². The van der Waals surface area contributed by atoms with E-state index in [2.05, 4.69) is 60.8 Å². The van der Waals surface area contributed by atoms with Crippen LogP contribution in [0.1, 0.15) is 30.9 Å². The van der Waals surface area contributed by atoms with Crippen molar-refractivity contribution in [3.8, 4) is 22.5 Å². The van der Waals surface area contributed by atoms with Crippen LogP contribution < -0.4 is 4.57 Å². The molecule has 4 heteroatoms. The highest BCUT2D eigenvalue weighted by Crippen LogP contribution is 2.41. The summed E-state index contributed by atoms with van der Waals surface area (Å²) in [6.07, 6.45) is 3.76. The standard InChI is InChI=1S/C27H24FN2O/c1-16(2)18-12-14-30(4)23(15-18)24-17(3)8-9-19-20-10-11-21(28)25(27(20)31-26(19)24)22-7-5-6-13-29-22/h5-16H,1-4H3/q+1. The largest absolute Gasteiger partial charge is 0.454 e. The monoisotopic (exact) mass is 411 g/mol. The molecule has 2 aromatic carbocycles. The Hall–Kier alpha value is -3.53. The van der Waals surface area contributed by atoms with E-state index in [1.807, 2.05) is 25.2 Å². The number of benzene rings is 2. The maximum absolute atomic E-state index is 14.9. The minimum Gasteiger partial charge on any atom is -0.454 e. The summed E-state index contributed by atoms with van der Waals surface area (Å²) in [6.45, 7) is 6.47.